The molecule has 0 saturated carbocycles. The van der Waals surface area contributed by atoms with E-state index in [4.69, 9.17) is 9.47 Å². The Kier molecular flexibility index (Phi) is 2.42. The number of carbonyl (C=O) groups is 4. The third-order valence-electron chi connectivity index (χ3n) is 3.35. The van der Waals surface area contributed by atoms with Crippen LogP contribution in [0.1, 0.15) is 6.42 Å². The lowest BCUT2D eigenvalue weighted by atomic mass is 9.81. The number of amides is 4. The molecule has 0 spiro atoms. The maximum atomic E-state index is 11.7. The van der Waals surface area contributed by atoms with Crippen molar-refractivity contribution in [3.05, 3.63) is 0 Å². The summed E-state index contributed by atoms with van der Waals surface area (Å²) in [4.78, 5) is 45.9. The molecule has 0 aliphatic carbocycles. The van der Waals surface area contributed by atoms with Gasteiger partial charge in [0, 0.05) is 12.3 Å². The molecule has 0 aromatic heterocycles. The van der Waals surface area contributed by atoms with Crippen LogP contribution < -0.4 is 10.6 Å². The molecule has 0 aromatic rings. The van der Waals surface area contributed by atoms with Gasteiger partial charge in [-0.15, -0.1) is 0 Å². The Hall–Kier alpha value is -1.80. The lowest BCUT2D eigenvalue weighted by Gasteiger charge is -2.32. The Bertz CT molecular complexity index is 441. The van der Waals surface area contributed by atoms with E-state index >= 15 is 0 Å². The third kappa shape index (κ3) is 1.61. The largest absolute Gasteiger partial charge is 0.343 e. The lowest BCUT2D eigenvalue weighted by Crippen LogP contribution is -2.60. The van der Waals surface area contributed by atoms with Gasteiger partial charge in [0.25, 0.3) is 0 Å². The first-order valence-corrected chi connectivity index (χ1v) is 5.52. The molecule has 3 saturated heterocycles. The molecule has 3 heterocycles. The molecule has 3 fully saturated rings. The van der Waals surface area contributed by atoms with Gasteiger partial charge in [-0.2, -0.15) is 0 Å². The quantitative estimate of drug-likeness (QED) is 0.539. The van der Waals surface area contributed by atoms with Crippen molar-refractivity contribution in [2.45, 2.75) is 18.8 Å². The normalized spacial score (nSPS) is 36.6. The molecular weight excluding hydrogens is 244 g/mol. The van der Waals surface area contributed by atoms with Gasteiger partial charge in [-0.1, -0.05) is 0 Å². The van der Waals surface area contributed by atoms with E-state index in [2.05, 4.69) is 0 Å². The summed E-state index contributed by atoms with van der Waals surface area (Å²) in [5.74, 6) is -3.37. The Balaban J connectivity index is 1.85. The fourth-order valence-electron chi connectivity index (χ4n) is 2.52. The van der Waals surface area contributed by atoms with Gasteiger partial charge in [0.05, 0.1) is 12.7 Å². The molecule has 0 aromatic carbocycles. The van der Waals surface area contributed by atoms with Crippen LogP contribution in [0.2, 0.25) is 0 Å². The van der Waals surface area contributed by atoms with Gasteiger partial charge in [-0.25, -0.2) is 4.79 Å². The van der Waals surface area contributed by atoms with Gasteiger partial charge in [-0.05, 0) is 0 Å². The SMILES string of the molecule is O=C1NC(=O)C([C@H]2CC(=O)[C@@H]3OC[C@H]2O3)C(=O)N1. The van der Waals surface area contributed by atoms with E-state index in [-0.39, 0.29) is 18.8 Å². The Morgan fingerprint density at radius 2 is 1.72 bits per heavy atom. The first-order valence-electron chi connectivity index (χ1n) is 5.52. The minimum absolute atomic E-state index is 0.0367. The summed E-state index contributed by atoms with van der Waals surface area (Å²) in [7, 11) is 0. The van der Waals surface area contributed by atoms with Crippen LogP contribution in [-0.2, 0) is 23.9 Å². The molecule has 18 heavy (non-hydrogen) atoms. The fraction of sp³-hybridized carbons (Fsp3) is 0.600. The van der Waals surface area contributed by atoms with E-state index in [0.29, 0.717) is 0 Å². The summed E-state index contributed by atoms with van der Waals surface area (Å²) < 4.78 is 10.4. The standard InChI is InChI=1S/C10H10N2O6/c13-4-1-3(5-2-17-9(4)18-5)6-7(14)11-10(16)12-8(6)15/h3,5-6,9H,1-2H2,(H2,11,12,14,15,16)/t3-,5+,9+/m0/s1. The average molecular weight is 254 g/mol. The minimum Gasteiger partial charge on any atom is -0.343 e. The number of barbiturate groups is 1. The number of urea groups is 1. The lowest BCUT2D eigenvalue weighted by molar-refractivity contribution is -0.162. The maximum absolute atomic E-state index is 11.7. The van der Waals surface area contributed by atoms with Crippen molar-refractivity contribution in [1.82, 2.24) is 10.6 Å². The maximum Gasteiger partial charge on any atom is 0.328 e. The number of ether oxygens (including phenoxy) is 2. The van der Waals surface area contributed by atoms with Crippen molar-refractivity contribution in [3.8, 4) is 0 Å². The first kappa shape index (κ1) is 11.3. The van der Waals surface area contributed by atoms with Gasteiger partial charge < -0.3 is 9.47 Å². The topological polar surface area (TPSA) is 111 Å². The number of hydrogen-bond acceptors (Lipinski definition) is 6. The average Bonchev–Trinajstić information content (AvgIpc) is 2.69. The number of fused-ring (bicyclic) bond motifs is 2. The fourth-order valence-corrected chi connectivity index (χ4v) is 2.52. The summed E-state index contributed by atoms with van der Waals surface area (Å²) in [6.07, 6.45) is -1.31. The van der Waals surface area contributed by atoms with Crippen LogP contribution in [0.4, 0.5) is 4.79 Å². The van der Waals surface area contributed by atoms with Crippen LogP contribution >= 0.6 is 0 Å². The summed E-state index contributed by atoms with van der Waals surface area (Å²) >= 11 is 0. The van der Waals surface area contributed by atoms with Gasteiger partial charge in [0.2, 0.25) is 18.1 Å². The molecule has 3 aliphatic rings. The van der Waals surface area contributed by atoms with Crippen LogP contribution in [0, 0.1) is 11.8 Å². The highest BCUT2D eigenvalue weighted by molar-refractivity contribution is 6.16. The number of nitrogens with one attached hydrogen (secondary N) is 2. The van der Waals surface area contributed by atoms with Crippen LogP contribution in [0.15, 0.2) is 0 Å². The molecular formula is C10H10N2O6. The highest BCUT2D eigenvalue weighted by Crippen LogP contribution is 2.35. The Labute approximate surface area is 101 Å². The molecule has 3 atom stereocenters. The Morgan fingerprint density at radius 1 is 1.06 bits per heavy atom. The number of carbonyl (C=O) groups excluding carboxylic acids is 4. The number of ketones is 1. The zero-order valence-corrected chi connectivity index (χ0v) is 9.17. The van der Waals surface area contributed by atoms with Crippen molar-refractivity contribution in [2.75, 3.05) is 6.61 Å². The third-order valence-corrected chi connectivity index (χ3v) is 3.35. The zero-order valence-electron chi connectivity index (χ0n) is 9.17. The molecule has 2 N–H and O–H groups in total. The van der Waals surface area contributed by atoms with Crippen LogP contribution in [0.5, 0.6) is 0 Å². The van der Waals surface area contributed by atoms with E-state index in [1.54, 1.807) is 0 Å². The van der Waals surface area contributed by atoms with Crippen molar-refractivity contribution >= 4 is 23.6 Å². The van der Waals surface area contributed by atoms with Gasteiger partial charge >= 0.3 is 6.03 Å². The zero-order chi connectivity index (χ0) is 12.9. The summed E-state index contributed by atoms with van der Waals surface area (Å²) in [6.45, 7) is 0.173. The van der Waals surface area contributed by atoms with Crippen LogP contribution in [0.25, 0.3) is 0 Å². The van der Waals surface area contributed by atoms with E-state index in [9.17, 15) is 19.2 Å². The molecule has 8 nitrogen and oxygen atoms in total. The summed E-state index contributed by atoms with van der Waals surface area (Å²) in [6, 6.07) is -0.843. The van der Waals surface area contributed by atoms with E-state index < -0.39 is 42.1 Å². The number of rotatable bonds is 1. The Morgan fingerprint density at radius 3 is 2.39 bits per heavy atom. The highest BCUT2D eigenvalue weighted by atomic mass is 16.7. The molecule has 3 rings (SSSR count). The van der Waals surface area contributed by atoms with Crippen molar-refractivity contribution in [3.63, 3.8) is 0 Å². The summed E-state index contributed by atoms with van der Waals surface area (Å²) in [5.41, 5.74) is 0. The minimum atomic E-state index is -1.10. The monoisotopic (exact) mass is 254 g/mol. The van der Waals surface area contributed by atoms with E-state index in [1.807, 2.05) is 10.6 Å². The van der Waals surface area contributed by atoms with Gasteiger partial charge in [-0.3, -0.25) is 25.0 Å². The smallest absolute Gasteiger partial charge is 0.328 e. The summed E-state index contributed by atoms with van der Waals surface area (Å²) in [5, 5.41) is 4.03. The molecule has 4 amide bonds. The predicted molar refractivity (Wildman–Crippen MR) is 52.9 cm³/mol. The van der Waals surface area contributed by atoms with Gasteiger partial charge in [0.1, 0.15) is 5.92 Å². The van der Waals surface area contributed by atoms with E-state index in [1.165, 1.54) is 0 Å². The number of imide groups is 2. The predicted octanol–water partition coefficient (Wildman–Crippen LogP) is -1.70. The second-order valence-corrected chi connectivity index (χ2v) is 4.46. The van der Waals surface area contributed by atoms with Crippen molar-refractivity contribution in [1.29, 1.82) is 0 Å². The molecule has 2 bridgehead atoms. The van der Waals surface area contributed by atoms with Crippen molar-refractivity contribution in [2.24, 2.45) is 11.8 Å². The second-order valence-electron chi connectivity index (χ2n) is 4.46. The molecule has 0 radical (unpaired) electrons. The van der Waals surface area contributed by atoms with E-state index in [0.717, 1.165) is 0 Å². The second kappa shape index (κ2) is 3.85. The van der Waals surface area contributed by atoms with Crippen LogP contribution in [0.3, 0.4) is 0 Å². The molecule has 96 valence electrons. The van der Waals surface area contributed by atoms with Crippen LogP contribution in [-0.4, -0.2) is 42.6 Å². The van der Waals surface area contributed by atoms with Crippen molar-refractivity contribution < 1.29 is 28.7 Å². The molecule has 8 heteroatoms. The highest BCUT2D eigenvalue weighted by Gasteiger charge is 2.51. The number of hydrogen-bond donors (Lipinski definition) is 2. The van der Waals surface area contributed by atoms with Gasteiger partial charge in [0.15, 0.2) is 5.78 Å². The first-order chi connectivity index (χ1) is 8.56. The molecule has 0 unspecified atom stereocenters. The molecule has 3 aliphatic heterocycles. The number of Topliss-reactive ketones (excluding diaryl/α,β-unsaturated/α-hetero) is 1.